The highest BCUT2D eigenvalue weighted by Gasteiger charge is 2.37. The van der Waals surface area contributed by atoms with Crippen LogP contribution in [0.1, 0.15) is 46.1 Å². The molecule has 2 aromatic rings. The number of aryl methyl sites for hydroxylation is 1. The summed E-state index contributed by atoms with van der Waals surface area (Å²) in [4.78, 5) is 37.0. The molecule has 2 amide bonds. The van der Waals surface area contributed by atoms with Gasteiger partial charge in [-0.2, -0.15) is 0 Å². The molecule has 1 aliphatic rings. The van der Waals surface area contributed by atoms with Gasteiger partial charge in [-0.3, -0.25) is 24.0 Å². The normalized spacial score (nSPS) is 18.3. The van der Waals surface area contributed by atoms with Crippen molar-refractivity contribution >= 4 is 31.2 Å². The second-order valence-corrected chi connectivity index (χ2v) is 14.0. The van der Waals surface area contributed by atoms with Gasteiger partial charge in [0, 0.05) is 19.6 Å². The van der Waals surface area contributed by atoms with Crippen LogP contribution in [0.4, 0.5) is 0 Å². The molecular formula is C21H31N3O4Si. The molecule has 7 nitrogen and oxygen atoms in total. The molecule has 1 saturated heterocycles. The molecule has 1 aromatic heterocycles. The van der Waals surface area contributed by atoms with Gasteiger partial charge in [-0.1, -0.05) is 32.9 Å². The van der Waals surface area contributed by atoms with E-state index in [4.69, 9.17) is 4.43 Å². The Morgan fingerprint density at radius 2 is 1.79 bits per heavy atom. The lowest BCUT2D eigenvalue weighted by molar-refractivity contribution is -0.135. The van der Waals surface area contributed by atoms with Crippen LogP contribution in [-0.4, -0.2) is 35.9 Å². The Labute approximate surface area is 172 Å². The molecule has 158 valence electrons. The van der Waals surface area contributed by atoms with Crippen LogP contribution in [0.15, 0.2) is 29.1 Å². The number of amides is 2. The number of imidazole rings is 1. The maximum Gasteiger partial charge on any atom is 0.329 e. The molecule has 1 atom stereocenters. The number of hydrogen-bond donors (Lipinski definition) is 1. The fourth-order valence-electron chi connectivity index (χ4n) is 3.44. The van der Waals surface area contributed by atoms with E-state index < -0.39 is 20.3 Å². The maximum absolute atomic E-state index is 13.2. The third-order valence-electron chi connectivity index (χ3n) is 6.19. The number of aromatic nitrogens is 2. The van der Waals surface area contributed by atoms with Gasteiger partial charge in [0.1, 0.15) is 6.04 Å². The highest BCUT2D eigenvalue weighted by Crippen LogP contribution is 2.36. The lowest BCUT2D eigenvalue weighted by Gasteiger charge is -2.36. The van der Waals surface area contributed by atoms with Crippen molar-refractivity contribution in [3.8, 4) is 0 Å². The first-order chi connectivity index (χ1) is 13.5. The van der Waals surface area contributed by atoms with E-state index in [9.17, 15) is 14.4 Å². The largest absolute Gasteiger partial charge is 0.417 e. The van der Waals surface area contributed by atoms with Crippen molar-refractivity contribution in [2.75, 3.05) is 6.61 Å². The summed E-state index contributed by atoms with van der Waals surface area (Å²) < 4.78 is 9.48. The minimum atomic E-state index is -1.83. The average molecular weight is 418 g/mol. The lowest BCUT2D eigenvalue weighted by atomic mass is 10.1. The van der Waals surface area contributed by atoms with Gasteiger partial charge in [0.25, 0.3) is 0 Å². The summed E-state index contributed by atoms with van der Waals surface area (Å²) in [6.07, 6.45) is 1.30. The number of carbonyl (C=O) groups is 2. The number of nitrogens with one attached hydrogen (secondary N) is 1. The zero-order valence-corrected chi connectivity index (χ0v) is 18.9. The van der Waals surface area contributed by atoms with Gasteiger partial charge in [-0.25, -0.2) is 4.79 Å². The molecular weight excluding hydrogens is 386 g/mol. The van der Waals surface area contributed by atoms with Crippen molar-refractivity contribution in [2.45, 2.75) is 70.8 Å². The number of para-hydroxylation sites is 2. The van der Waals surface area contributed by atoms with Gasteiger partial charge >= 0.3 is 5.69 Å². The Kier molecular flexibility index (Phi) is 5.87. The summed E-state index contributed by atoms with van der Waals surface area (Å²) in [5.74, 6) is -0.696. The van der Waals surface area contributed by atoms with Crippen molar-refractivity contribution in [3.63, 3.8) is 0 Å². The van der Waals surface area contributed by atoms with Crippen LogP contribution in [0.3, 0.4) is 0 Å². The SMILES string of the molecule is CC(C)(C)[Si](C)(C)OCCCn1c(=O)n(C2CCC(=O)NC2=O)c2ccccc21. The zero-order chi connectivity index (χ0) is 21.4. The molecule has 0 saturated carbocycles. The number of nitrogens with zero attached hydrogens (tertiary/aromatic N) is 2. The third-order valence-corrected chi connectivity index (χ3v) is 10.7. The number of carbonyl (C=O) groups excluding carboxylic acids is 2. The molecule has 1 fully saturated rings. The van der Waals surface area contributed by atoms with Crippen molar-refractivity contribution in [2.24, 2.45) is 0 Å². The predicted molar refractivity (Wildman–Crippen MR) is 115 cm³/mol. The second-order valence-electron chi connectivity index (χ2n) is 9.22. The van der Waals surface area contributed by atoms with Gasteiger partial charge < -0.3 is 4.43 Å². The van der Waals surface area contributed by atoms with E-state index in [0.29, 0.717) is 19.6 Å². The molecule has 1 unspecified atom stereocenters. The van der Waals surface area contributed by atoms with Gasteiger partial charge in [-0.05, 0) is 43.1 Å². The van der Waals surface area contributed by atoms with Crippen molar-refractivity contribution in [1.29, 1.82) is 0 Å². The van der Waals surface area contributed by atoms with Crippen LogP contribution in [0.2, 0.25) is 18.1 Å². The van der Waals surface area contributed by atoms with Crippen molar-refractivity contribution in [1.82, 2.24) is 14.5 Å². The number of benzene rings is 1. The molecule has 0 aliphatic carbocycles. The fourth-order valence-corrected chi connectivity index (χ4v) is 4.53. The molecule has 29 heavy (non-hydrogen) atoms. The summed E-state index contributed by atoms with van der Waals surface area (Å²) in [7, 11) is -1.83. The molecule has 8 heteroatoms. The highest BCUT2D eigenvalue weighted by atomic mass is 28.4. The second kappa shape index (κ2) is 7.91. The fraction of sp³-hybridized carbons (Fsp3) is 0.571. The number of piperidine rings is 1. The van der Waals surface area contributed by atoms with E-state index in [-0.39, 0.29) is 23.1 Å². The monoisotopic (exact) mass is 417 g/mol. The average Bonchev–Trinajstić information content (AvgIpc) is 2.90. The Hall–Kier alpha value is -2.19. The number of rotatable bonds is 6. The van der Waals surface area contributed by atoms with E-state index in [2.05, 4.69) is 39.2 Å². The van der Waals surface area contributed by atoms with Crippen LogP contribution in [-0.2, 0) is 20.6 Å². The number of fused-ring (bicyclic) bond motifs is 1. The topological polar surface area (TPSA) is 82.3 Å². The van der Waals surface area contributed by atoms with Gasteiger partial charge in [0.15, 0.2) is 8.32 Å². The maximum atomic E-state index is 13.2. The van der Waals surface area contributed by atoms with Crippen LogP contribution >= 0.6 is 0 Å². The first-order valence-corrected chi connectivity index (χ1v) is 13.1. The molecule has 1 aromatic carbocycles. The Morgan fingerprint density at radius 1 is 1.14 bits per heavy atom. The van der Waals surface area contributed by atoms with Crippen LogP contribution in [0, 0.1) is 0 Å². The van der Waals surface area contributed by atoms with Crippen molar-refractivity contribution < 1.29 is 14.0 Å². The standard InChI is InChI=1S/C21H31N3O4Si/c1-21(2,3)29(4,5)28-14-8-13-23-15-9-6-7-10-16(15)24(20(23)27)17-11-12-18(25)22-19(17)26/h6-7,9-10,17H,8,11-14H2,1-5H3,(H,22,25,26). The highest BCUT2D eigenvalue weighted by molar-refractivity contribution is 6.74. The van der Waals surface area contributed by atoms with Crippen LogP contribution in [0.5, 0.6) is 0 Å². The Bertz CT molecular complexity index is 984. The summed E-state index contributed by atoms with van der Waals surface area (Å²) in [6.45, 7) is 12.2. The third kappa shape index (κ3) is 4.23. The Balaban J connectivity index is 1.83. The van der Waals surface area contributed by atoms with Gasteiger partial charge in [0.2, 0.25) is 11.8 Å². The molecule has 2 heterocycles. The number of hydrogen-bond acceptors (Lipinski definition) is 4. The van der Waals surface area contributed by atoms with E-state index in [0.717, 1.165) is 17.5 Å². The van der Waals surface area contributed by atoms with Crippen molar-refractivity contribution in [3.05, 3.63) is 34.7 Å². The number of imide groups is 1. The van der Waals surface area contributed by atoms with E-state index >= 15 is 0 Å². The molecule has 0 radical (unpaired) electrons. The molecule has 0 spiro atoms. The molecule has 3 rings (SSSR count). The molecule has 1 aliphatic heterocycles. The summed E-state index contributed by atoms with van der Waals surface area (Å²) in [5.41, 5.74) is 1.31. The van der Waals surface area contributed by atoms with E-state index in [1.54, 1.807) is 4.57 Å². The zero-order valence-electron chi connectivity index (χ0n) is 17.9. The molecule has 1 N–H and O–H groups in total. The van der Waals surface area contributed by atoms with Gasteiger partial charge in [-0.15, -0.1) is 0 Å². The van der Waals surface area contributed by atoms with E-state index in [1.807, 2.05) is 24.3 Å². The molecule has 0 bridgehead atoms. The van der Waals surface area contributed by atoms with Crippen LogP contribution in [0.25, 0.3) is 11.0 Å². The Morgan fingerprint density at radius 3 is 2.41 bits per heavy atom. The van der Waals surface area contributed by atoms with Gasteiger partial charge in [0.05, 0.1) is 11.0 Å². The summed E-state index contributed by atoms with van der Waals surface area (Å²) in [5, 5.41) is 2.49. The first kappa shape index (κ1) is 21.5. The summed E-state index contributed by atoms with van der Waals surface area (Å²) in [6, 6.07) is 6.83. The van der Waals surface area contributed by atoms with Crippen LogP contribution < -0.4 is 11.0 Å². The first-order valence-electron chi connectivity index (χ1n) is 10.2. The van der Waals surface area contributed by atoms with E-state index in [1.165, 1.54) is 4.57 Å². The summed E-state index contributed by atoms with van der Waals surface area (Å²) >= 11 is 0. The minimum Gasteiger partial charge on any atom is -0.417 e. The quantitative estimate of drug-likeness (QED) is 0.445. The smallest absolute Gasteiger partial charge is 0.329 e. The predicted octanol–water partition coefficient (Wildman–Crippen LogP) is 3.19. The lowest BCUT2D eigenvalue weighted by Crippen LogP contribution is -2.44. The minimum absolute atomic E-state index is 0.144.